The predicted octanol–water partition coefficient (Wildman–Crippen LogP) is 3.89. The van der Waals surface area contributed by atoms with Gasteiger partial charge in [-0.3, -0.25) is 0 Å². The summed E-state index contributed by atoms with van der Waals surface area (Å²) in [5.74, 6) is 0. The Morgan fingerprint density at radius 1 is 1.00 bits per heavy atom. The molecule has 0 aliphatic rings. The largest absolute Gasteiger partial charge is 0.397 e. The van der Waals surface area contributed by atoms with Crippen LogP contribution in [-0.4, -0.2) is 0 Å². The molecule has 0 bridgehead atoms. The van der Waals surface area contributed by atoms with Crippen molar-refractivity contribution in [2.24, 2.45) is 0 Å². The average Bonchev–Trinajstić information content (AvgIpc) is 2.33. The Kier molecular flexibility index (Phi) is 3.29. The lowest BCUT2D eigenvalue weighted by atomic mass is 9.92. The molecule has 0 aliphatic heterocycles. The summed E-state index contributed by atoms with van der Waals surface area (Å²) in [5, 5.41) is 2.25. The number of halogens is 1. The van der Waals surface area contributed by atoms with Gasteiger partial charge >= 0.3 is 0 Å². The van der Waals surface area contributed by atoms with Crippen LogP contribution in [-0.2, 0) is 12.8 Å². The standard InChI is InChI=1S/C14H17BrN2/c1-3-8-9(4-2)13(16)14(17)10-6-5-7-11(15)12(8)10/h5-7H,3-4,16-17H2,1-2H3. The number of nitrogens with two attached hydrogens (primary N) is 2. The van der Waals surface area contributed by atoms with Crippen LogP contribution >= 0.6 is 15.9 Å². The fourth-order valence-electron chi connectivity index (χ4n) is 2.47. The third-order valence-electron chi connectivity index (χ3n) is 3.29. The van der Waals surface area contributed by atoms with E-state index in [2.05, 4.69) is 35.8 Å². The molecule has 2 nitrogen and oxygen atoms in total. The summed E-state index contributed by atoms with van der Waals surface area (Å²) in [5.41, 5.74) is 16.2. The van der Waals surface area contributed by atoms with E-state index >= 15 is 0 Å². The van der Waals surface area contributed by atoms with Crippen LogP contribution in [0, 0.1) is 0 Å². The summed E-state index contributed by atoms with van der Waals surface area (Å²) >= 11 is 3.61. The quantitative estimate of drug-likeness (QED) is 0.825. The van der Waals surface area contributed by atoms with Crippen molar-refractivity contribution in [1.29, 1.82) is 0 Å². The minimum atomic E-state index is 0.704. The van der Waals surface area contributed by atoms with Gasteiger partial charge < -0.3 is 11.5 Å². The van der Waals surface area contributed by atoms with Gasteiger partial charge in [0.15, 0.2) is 0 Å². The molecule has 2 aromatic carbocycles. The molecule has 0 spiro atoms. The highest BCUT2D eigenvalue weighted by Gasteiger charge is 2.15. The first kappa shape index (κ1) is 12.2. The number of hydrogen-bond donors (Lipinski definition) is 2. The van der Waals surface area contributed by atoms with E-state index in [0.29, 0.717) is 5.69 Å². The van der Waals surface area contributed by atoms with Crippen molar-refractivity contribution in [3.8, 4) is 0 Å². The van der Waals surface area contributed by atoms with Crippen LogP contribution in [0.3, 0.4) is 0 Å². The minimum absolute atomic E-state index is 0.704. The molecule has 2 rings (SSSR count). The number of aryl methyl sites for hydroxylation is 1. The van der Waals surface area contributed by atoms with Crippen molar-refractivity contribution in [2.45, 2.75) is 26.7 Å². The normalized spacial score (nSPS) is 11.0. The number of benzene rings is 2. The topological polar surface area (TPSA) is 52.0 Å². The van der Waals surface area contributed by atoms with Gasteiger partial charge in [-0.2, -0.15) is 0 Å². The maximum atomic E-state index is 6.15. The lowest BCUT2D eigenvalue weighted by molar-refractivity contribution is 1.06. The van der Waals surface area contributed by atoms with Crippen molar-refractivity contribution in [1.82, 2.24) is 0 Å². The van der Waals surface area contributed by atoms with Gasteiger partial charge in [0.05, 0.1) is 11.4 Å². The lowest BCUT2D eigenvalue weighted by Crippen LogP contribution is -2.05. The molecule has 4 N–H and O–H groups in total. The van der Waals surface area contributed by atoms with E-state index in [0.717, 1.165) is 28.4 Å². The first-order valence-electron chi connectivity index (χ1n) is 5.88. The summed E-state index contributed by atoms with van der Waals surface area (Å²) in [6.07, 6.45) is 1.88. The van der Waals surface area contributed by atoms with Gasteiger partial charge in [-0.25, -0.2) is 0 Å². The zero-order valence-corrected chi connectivity index (χ0v) is 11.8. The molecular weight excluding hydrogens is 276 g/mol. The summed E-state index contributed by atoms with van der Waals surface area (Å²) in [6.45, 7) is 4.27. The van der Waals surface area contributed by atoms with E-state index in [4.69, 9.17) is 11.5 Å². The Labute approximate surface area is 110 Å². The zero-order valence-electron chi connectivity index (χ0n) is 10.2. The van der Waals surface area contributed by atoms with Crippen molar-refractivity contribution in [2.75, 3.05) is 11.5 Å². The fourth-order valence-corrected chi connectivity index (χ4v) is 3.08. The Morgan fingerprint density at radius 2 is 1.65 bits per heavy atom. The monoisotopic (exact) mass is 292 g/mol. The summed E-state index contributed by atoms with van der Waals surface area (Å²) < 4.78 is 1.09. The van der Waals surface area contributed by atoms with Gasteiger partial charge in [-0.05, 0) is 30.0 Å². The van der Waals surface area contributed by atoms with Crippen LogP contribution in [0.15, 0.2) is 22.7 Å². The molecular formula is C14H17BrN2. The molecule has 17 heavy (non-hydrogen) atoms. The van der Waals surface area contributed by atoms with E-state index in [-0.39, 0.29) is 0 Å². The molecule has 0 amide bonds. The third kappa shape index (κ3) is 1.78. The number of rotatable bonds is 2. The van der Waals surface area contributed by atoms with Gasteiger partial charge in [0.2, 0.25) is 0 Å². The second-order valence-electron chi connectivity index (χ2n) is 4.15. The Balaban J connectivity index is 3.02. The molecule has 90 valence electrons. The SMILES string of the molecule is CCc1c(N)c(N)c2cccc(Br)c2c1CC. The first-order valence-corrected chi connectivity index (χ1v) is 6.67. The highest BCUT2D eigenvalue weighted by molar-refractivity contribution is 9.10. The molecule has 0 heterocycles. The molecule has 2 aromatic rings. The van der Waals surface area contributed by atoms with E-state index in [9.17, 15) is 0 Å². The second kappa shape index (κ2) is 4.57. The third-order valence-corrected chi connectivity index (χ3v) is 3.95. The van der Waals surface area contributed by atoms with E-state index in [1.54, 1.807) is 0 Å². The predicted molar refractivity (Wildman–Crippen MR) is 79.2 cm³/mol. The van der Waals surface area contributed by atoms with Gasteiger partial charge in [0.1, 0.15) is 0 Å². The van der Waals surface area contributed by atoms with Crippen molar-refractivity contribution in [3.63, 3.8) is 0 Å². The fraction of sp³-hybridized carbons (Fsp3) is 0.286. The van der Waals surface area contributed by atoms with Crippen LogP contribution in [0.4, 0.5) is 11.4 Å². The number of anilines is 2. The van der Waals surface area contributed by atoms with E-state index in [1.807, 2.05) is 12.1 Å². The second-order valence-corrected chi connectivity index (χ2v) is 5.01. The van der Waals surface area contributed by atoms with Gasteiger partial charge in [0, 0.05) is 15.2 Å². The van der Waals surface area contributed by atoms with Crippen LogP contribution in [0.1, 0.15) is 25.0 Å². The maximum Gasteiger partial charge on any atom is 0.0630 e. The Morgan fingerprint density at radius 3 is 2.24 bits per heavy atom. The van der Waals surface area contributed by atoms with Gasteiger partial charge in [-0.15, -0.1) is 0 Å². The Bertz CT molecular complexity index is 576. The lowest BCUT2D eigenvalue weighted by Gasteiger charge is -2.17. The average molecular weight is 293 g/mol. The highest BCUT2D eigenvalue weighted by atomic mass is 79.9. The zero-order chi connectivity index (χ0) is 12.6. The van der Waals surface area contributed by atoms with Crippen molar-refractivity contribution < 1.29 is 0 Å². The van der Waals surface area contributed by atoms with Crippen molar-refractivity contribution in [3.05, 3.63) is 33.8 Å². The summed E-state index contributed by atoms with van der Waals surface area (Å²) in [4.78, 5) is 0. The number of hydrogen-bond acceptors (Lipinski definition) is 2. The minimum Gasteiger partial charge on any atom is -0.397 e. The first-order chi connectivity index (χ1) is 8.11. The van der Waals surface area contributed by atoms with Gasteiger partial charge in [0.25, 0.3) is 0 Å². The van der Waals surface area contributed by atoms with Crippen LogP contribution in [0.5, 0.6) is 0 Å². The molecule has 3 heteroatoms. The van der Waals surface area contributed by atoms with Gasteiger partial charge in [-0.1, -0.05) is 41.9 Å². The van der Waals surface area contributed by atoms with E-state index in [1.165, 1.54) is 16.5 Å². The molecule has 0 saturated carbocycles. The Hall–Kier alpha value is -1.22. The maximum absolute atomic E-state index is 6.15. The van der Waals surface area contributed by atoms with Crippen LogP contribution in [0.25, 0.3) is 10.8 Å². The van der Waals surface area contributed by atoms with E-state index < -0.39 is 0 Å². The molecule has 0 saturated heterocycles. The van der Waals surface area contributed by atoms with Crippen molar-refractivity contribution >= 4 is 38.1 Å². The molecule has 0 aliphatic carbocycles. The summed E-state index contributed by atoms with van der Waals surface area (Å²) in [6, 6.07) is 6.08. The smallest absolute Gasteiger partial charge is 0.0630 e. The molecule has 0 radical (unpaired) electrons. The number of fused-ring (bicyclic) bond motifs is 1. The molecule has 0 fully saturated rings. The molecule has 0 aromatic heterocycles. The highest BCUT2D eigenvalue weighted by Crippen LogP contribution is 2.38. The molecule has 0 atom stereocenters. The molecule has 0 unspecified atom stereocenters. The summed E-state index contributed by atoms with van der Waals surface area (Å²) in [7, 11) is 0. The van der Waals surface area contributed by atoms with Crippen LogP contribution in [0.2, 0.25) is 0 Å². The number of nitrogen functional groups attached to an aromatic ring is 2. The van der Waals surface area contributed by atoms with Crippen LogP contribution < -0.4 is 11.5 Å².